The predicted molar refractivity (Wildman–Crippen MR) is 118 cm³/mol. The highest BCUT2D eigenvalue weighted by Crippen LogP contribution is 2.22. The first kappa shape index (κ1) is 20.2. The second kappa shape index (κ2) is 9.63. The lowest BCUT2D eigenvalue weighted by molar-refractivity contribution is 0.285. The lowest BCUT2D eigenvalue weighted by atomic mass is 10.1. The zero-order valence-corrected chi connectivity index (χ0v) is 17.4. The first-order valence-corrected chi connectivity index (χ1v) is 10.7. The molecule has 2 aromatic heterocycles. The van der Waals surface area contributed by atoms with Crippen molar-refractivity contribution in [2.24, 2.45) is 0 Å². The minimum atomic E-state index is -0.0912. The quantitative estimate of drug-likeness (QED) is 0.681. The molecule has 30 heavy (non-hydrogen) atoms. The molecule has 3 heterocycles. The van der Waals surface area contributed by atoms with Crippen LogP contribution in [0.5, 0.6) is 0 Å². The summed E-state index contributed by atoms with van der Waals surface area (Å²) in [5.74, 6) is 1.46. The Labute approximate surface area is 176 Å². The van der Waals surface area contributed by atoms with Gasteiger partial charge in [-0.2, -0.15) is 0 Å². The van der Waals surface area contributed by atoms with Crippen molar-refractivity contribution < 1.29 is 0 Å². The van der Waals surface area contributed by atoms with Crippen LogP contribution in [0.4, 0.5) is 5.95 Å². The fraction of sp³-hybridized carbons (Fsp3) is 0.391. The predicted octanol–water partition coefficient (Wildman–Crippen LogP) is 2.89. The van der Waals surface area contributed by atoms with E-state index in [1.807, 2.05) is 18.2 Å². The van der Waals surface area contributed by atoms with Crippen LogP contribution in [0.15, 0.2) is 53.6 Å². The third kappa shape index (κ3) is 4.91. The van der Waals surface area contributed by atoms with Crippen LogP contribution >= 0.6 is 0 Å². The number of hydrogen-bond acceptors (Lipinski definition) is 6. The summed E-state index contributed by atoms with van der Waals surface area (Å²) in [7, 11) is 0. The maximum Gasteiger partial charge on any atom is 0.251 e. The van der Waals surface area contributed by atoms with Crippen molar-refractivity contribution in [1.29, 1.82) is 0 Å². The summed E-state index contributed by atoms with van der Waals surface area (Å²) in [6.45, 7) is 6.72. The number of rotatable bonds is 6. The maximum absolute atomic E-state index is 12.2. The van der Waals surface area contributed by atoms with Crippen molar-refractivity contribution in [2.75, 3.05) is 31.1 Å². The Morgan fingerprint density at radius 2 is 1.87 bits per heavy atom. The number of anilines is 1. The molecular weight excluding hydrogens is 376 g/mol. The van der Waals surface area contributed by atoms with Crippen LogP contribution < -0.4 is 10.5 Å². The van der Waals surface area contributed by atoms with Crippen LogP contribution in [0.1, 0.15) is 31.0 Å². The lowest BCUT2D eigenvalue weighted by Crippen LogP contribution is -2.31. The summed E-state index contributed by atoms with van der Waals surface area (Å²) in [6, 6.07) is 11.7. The third-order valence-electron chi connectivity index (χ3n) is 5.39. The Bertz CT molecular complexity index is 1020. The molecule has 1 saturated heterocycles. The molecule has 7 heteroatoms. The van der Waals surface area contributed by atoms with Gasteiger partial charge in [0.25, 0.3) is 5.56 Å². The van der Waals surface area contributed by atoms with Crippen LogP contribution in [0.3, 0.4) is 0 Å². The van der Waals surface area contributed by atoms with E-state index in [1.54, 1.807) is 18.5 Å². The van der Waals surface area contributed by atoms with Gasteiger partial charge in [0.2, 0.25) is 5.95 Å². The second-order valence-corrected chi connectivity index (χ2v) is 7.66. The summed E-state index contributed by atoms with van der Waals surface area (Å²) in [5.41, 5.74) is 2.93. The lowest BCUT2D eigenvalue weighted by Gasteiger charge is -2.22. The van der Waals surface area contributed by atoms with Crippen molar-refractivity contribution in [3.05, 3.63) is 70.4 Å². The van der Waals surface area contributed by atoms with E-state index >= 15 is 0 Å². The zero-order valence-electron chi connectivity index (χ0n) is 17.4. The fourth-order valence-electron chi connectivity index (χ4n) is 3.93. The topological polar surface area (TPSA) is 78.0 Å². The van der Waals surface area contributed by atoms with Crippen LogP contribution in [0, 0.1) is 0 Å². The number of nitrogens with zero attached hydrogens (tertiary/aromatic N) is 5. The van der Waals surface area contributed by atoms with Gasteiger partial charge in [-0.3, -0.25) is 9.69 Å². The monoisotopic (exact) mass is 404 g/mol. The first-order chi connectivity index (χ1) is 14.7. The largest absolute Gasteiger partial charge is 0.339 e. The van der Waals surface area contributed by atoms with E-state index in [0.717, 1.165) is 69.2 Å². The first-order valence-electron chi connectivity index (χ1n) is 10.7. The average molecular weight is 405 g/mol. The number of aromatic amines is 1. The Morgan fingerprint density at radius 1 is 1.03 bits per heavy atom. The fourth-order valence-corrected chi connectivity index (χ4v) is 3.93. The Hall–Kier alpha value is -3.06. The normalized spacial score (nSPS) is 15.2. The molecule has 1 aromatic carbocycles. The molecule has 0 aliphatic carbocycles. The molecule has 0 saturated carbocycles. The van der Waals surface area contributed by atoms with Gasteiger partial charge in [0.15, 0.2) is 0 Å². The highest BCUT2D eigenvalue weighted by Gasteiger charge is 2.18. The SMILES string of the molecule is CCCc1cc(=O)[nH]c(-c2ccccc2CN2CCCN(c3ncccn3)CC2)n1. The number of benzene rings is 1. The van der Waals surface area contributed by atoms with E-state index in [1.165, 1.54) is 5.56 Å². The van der Waals surface area contributed by atoms with Crippen molar-refractivity contribution >= 4 is 5.95 Å². The average Bonchev–Trinajstić information content (AvgIpc) is 3.00. The number of hydrogen-bond donors (Lipinski definition) is 1. The standard InChI is InChI=1S/C23H28N6O/c1-2-7-19-16-21(30)27-22(26-19)20-9-4-3-8-18(20)17-28-12-6-13-29(15-14-28)23-24-10-5-11-25-23/h3-5,8-11,16H,2,6-7,12-15,17H2,1H3,(H,26,27,30). The molecule has 1 aliphatic heterocycles. The molecule has 0 amide bonds. The van der Waals surface area contributed by atoms with Crippen molar-refractivity contribution in [3.63, 3.8) is 0 Å². The molecule has 1 fully saturated rings. The second-order valence-electron chi connectivity index (χ2n) is 7.66. The minimum absolute atomic E-state index is 0.0912. The van der Waals surface area contributed by atoms with E-state index in [9.17, 15) is 4.79 Å². The van der Waals surface area contributed by atoms with Gasteiger partial charge < -0.3 is 9.88 Å². The van der Waals surface area contributed by atoms with Gasteiger partial charge in [-0.1, -0.05) is 37.6 Å². The number of nitrogens with one attached hydrogen (secondary N) is 1. The highest BCUT2D eigenvalue weighted by molar-refractivity contribution is 5.60. The molecule has 0 radical (unpaired) electrons. The van der Waals surface area contributed by atoms with Gasteiger partial charge in [-0.25, -0.2) is 15.0 Å². The molecule has 0 atom stereocenters. The Balaban J connectivity index is 1.52. The molecule has 7 nitrogen and oxygen atoms in total. The maximum atomic E-state index is 12.2. The third-order valence-corrected chi connectivity index (χ3v) is 5.39. The summed E-state index contributed by atoms with van der Waals surface area (Å²) < 4.78 is 0. The van der Waals surface area contributed by atoms with Crippen LogP contribution in [0.25, 0.3) is 11.4 Å². The van der Waals surface area contributed by atoms with Gasteiger partial charge in [-0.05, 0) is 24.5 Å². The van der Waals surface area contributed by atoms with Crippen LogP contribution in [-0.2, 0) is 13.0 Å². The number of H-pyrrole nitrogens is 1. The molecule has 3 aromatic rings. The van der Waals surface area contributed by atoms with E-state index < -0.39 is 0 Å². The Morgan fingerprint density at radius 3 is 2.70 bits per heavy atom. The number of aryl methyl sites for hydroxylation is 1. The van der Waals surface area contributed by atoms with Crippen LogP contribution in [0.2, 0.25) is 0 Å². The molecular formula is C23H28N6O. The van der Waals surface area contributed by atoms with Gasteiger partial charge in [0.05, 0.1) is 0 Å². The zero-order chi connectivity index (χ0) is 20.8. The molecule has 0 unspecified atom stereocenters. The highest BCUT2D eigenvalue weighted by atomic mass is 16.1. The van der Waals surface area contributed by atoms with Gasteiger partial charge in [0.1, 0.15) is 5.82 Å². The molecule has 0 bridgehead atoms. The van der Waals surface area contributed by atoms with Crippen molar-refractivity contribution in [1.82, 2.24) is 24.8 Å². The van der Waals surface area contributed by atoms with E-state index in [2.05, 4.69) is 43.8 Å². The summed E-state index contributed by atoms with van der Waals surface area (Å²) >= 11 is 0. The molecule has 156 valence electrons. The van der Waals surface area contributed by atoms with E-state index in [-0.39, 0.29) is 5.56 Å². The van der Waals surface area contributed by atoms with Gasteiger partial charge in [0, 0.05) is 62.4 Å². The summed E-state index contributed by atoms with van der Waals surface area (Å²) in [4.78, 5) is 33.3. The minimum Gasteiger partial charge on any atom is -0.339 e. The van der Waals surface area contributed by atoms with Gasteiger partial charge in [-0.15, -0.1) is 0 Å². The van der Waals surface area contributed by atoms with Crippen LogP contribution in [-0.4, -0.2) is 51.0 Å². The molecule has 0 spiro atoms. The van der Waals surface area contributed by atoms with E-state index in [4.69, 9.17) is 4.98 Å². The molecule has 1 N–H and O–H groups in total. The molecule has 4 rings (SSSR count). The number of aromatic nitrogens is 4. The van der Waals surface area contributed by atoms with Crippen molar-refractivity contribution in [2.45, 2.75) is 32.7 Å². The van der Waals surface area contributed by atoms with Crippen molar-refractivity contribution in [3.8, 4) is 11.4 Å². The molecule has 1 aliphatic rings. The Kier molecular flexibility index (Phi) is 6.49. The summed E-state index contributed by atoms with van der Waals surface area (Å²) in [5, 5.41) is 0. The van der Waals surface area contributed by atoms with Gasteiger partial charge >= 0.3 is 0 Å². The summed E-state index contributed by atoms with van der Waals surface area (Å²) in [6.07, 6.45) is 6.42. The smallest absolute Gasteiger partial charge is 0.251 e. The van der Waals surface area contributed by atoms with E-state index in [0.29, 0.717) is 5.82 Å².